The SMILES string of the molecule is [B]c1ccc(Nc2c(C(=O)NOCC3CC3)cn3c(C)nnc3c2F)c(F)c1. The van der Waals surface area contributed by atoms with Gasteiger partial charge >= 0.3 is 0 Å². The second-order valence-corrected chi connectivity index (χ2v) is 6.72. The molecule has 1 aliphatic rings. The van der Waals surface area contributed by atoms with Crippen LogP contribution in [-0.2, 0) is 4.84 Å². The van der Waals surface area contributed by atoms with Gasteiger partial charge < -0.3 is 5.32 Å². The van der Waals surface area contributed by atoms with Crippen molar-refractivity contribution in [1.29, 1.82) is 0 Å². The van der Waals surface area contributed by atoms with Gasteiger partial charge in [-0.25, -0.2) is 14.3 Å². The Morgan fingerprint density at radius 2 is 2.14 bits per heavy atom. The Morgan fingerprint density at radius 1 is 1.36 bits per heavy atom. The smallest absolute Gasteiger partial charge is 0.278 e. The molecule has 1 amide bonds. The first-order valence-electron chi connectivity index (χ1n) is 8.72. The van der Waals surface area contributed by atoms with Crippen LogP contribution in [0.25, 0.3) is 5.65 Å². The van der Waals surface area contributed by atoms with Gasteiger partial charge in [-0.2, -0.15) is 0 Å². The van der Waals surface area contributed by atoms with E-state index in [-0.39, 0.29) is 28.0 Å². The largest absolute Gasteiger partial charge is 0.350 e. The van der Waals surface area contributed by atoms with E-state index in [1.54, 1.807) is 6.92 Å². The van der Waals surface area contributed by atoms with Crippen molar-refractivity contribution >= 4 is 36.2 Å². The summed E-state index contributed by atoms with van der Waals surface area (Å²) in [5.41, 5.74) is 2.08. The molecule has 0 saturated heterocycles. The average molecular weight is 383 g/mol. The van der Waals surface area contributed by atoms with E-state index < -0.39 is 17.5 Å². The fraction of sp³-hybridized carbons (Fsp3) is 0.278. The molecule has 28 heavy (non-hydrogen) atoms. The minimum absolute atomic E-state index is 0.0402. The zero-order valence-corrected chi connectivity index (χ0v) is 15.0. The number of hydrogen-bond donors (Lipinski definition) is 2. The second kappa shape index (κ2) is 7.19. The summed E-state index contributed by atoms with van der Waals surface area (Å²) in [6.45, 7) is 2.01. The van der Waals surface area contributed by atoms with E-state index in [4.69, 9.17) is 12.7 Å². The first-order valence-corrected chi connectivity index (χ1v) is 8.72. The van der Waals surface area contributed by atoms with E-state index in [1.165, 1.54) is 22.7 Å². The first kappa shape index (κ1) is 18.4. The monoisotopic (exact) mass is 383 g/mol. The van der Waals surface area contributed by atoms with Crippen LogP contribution in [0.1, 0.15) is 29.0 Å². The lowest BCUT2D eigenvalue weighted by Crippen LogP contribution is -2.26. The fourth-order valence-corrected chi connectivity index (χ4v) is 2.72. The molecule has 1 aliphatic carbocycles. The van der Waals surface area contributed by atoms with Gasteiger partial charge in [0.25, 0.3) is 5.91 Å². The summed E-state index contributed by atoms with van der Waals surface area (Å²) in [7, 11) is 5.55. The molecular formula is C18H16BF2N5O2. The normalized spacial score (nSPS) is 13.7. The quantitative estimate of drug-likeness (QED) is 0.502. The number of amides is 1. The molecule has 0 unspecified atom stereocenters. The van der Waals surface area contributed by atoms with E-state index in [1.807, 2.05) is 0 Å². The maximum Gasteiger partial charge on any atom is 0.278 e. The lowest BCUT2D eigenvalue weighted by molar-refractivity contribution is 0.0270. The lowest BCUT2D eigenvalue weighted by Gasteiger charge is -2.15. The zero-order valence-electron chi connectivity index (χ0n) is 15.0. The van der Waals surface area contributed by atoms with Crippen molar-refractivity contribution in [3.63, 3.8) is 0 Å². The van der Waals surface area contributed by atoms with Crippen LogP contribution >= 0.6 is 0 Å². The number of aryl methyl sites for hydroxylation is 1. The second-order valence-electron chi connectivity index (χ2n) is 6.72. The standard InChI is InChI=1S/C18H16BF2N5O2/c1-9-23-24-17-15(21)16(22-14-5-4-11(19)6-13(14)20)12(7-26(9)17)18(27)25-28-8-10-2-3-10/h4-7,10,22H,2-3,8H2,1H3,(H,25,27). The molecule has 1 aromatic carbocycles. The summed E-state index contributed by atoms with van der Waals surface area (Å²) in [5.74, 6) is -1.37. The lowest BCUT2D eigenvalue weighted by atomic mass is 9.96. The van der Waals surface area contributed by atoms with Crippen LogP contribution in [0.3, 0.4) is 0 Å². The van der Waals surface area contributed by atoms with Gasteiger partial charge in [0.15, 0.2) is 11.5 Å². The highest BCUT2D eigenvalue weighted by Gasteiger charge is 2.25. The maximum atomic E-state index is 15.1. The molecule has 2 radical (unpaired) electrons. The molecule has 3 aromatic rings. The minimum Gasteiger partial charge on any atom is -0.350 e. The number of nitrogens with zero attached hydrogens (tertiary/aromatic N) is 3. The third-order valence-corrected chi connectivity index (χ3v) is 4.49. The fourth-order valence-electron chi connectivity index (χ4n) is 2.72. The van der Waals surface area contributed by atoms with Gasteiger partial charge in [-0.15, -0.1) is 10.2 Å². The number of carbonyl (C=O) groups excluding carboxylic acids is 1. The highest BCUT2D eigenvalue weighted by Crippen LogP contribution is 2.30. The Kier molecular flexibility index (Phi) is 4.72. The molecule has 0 bridgehead atoms. The van der Waals surface area contributed by atoms with Crippen molar-refractivity contribution in [2.24, 2.45) is 5.92 Å². The Balaban J connectivity index is 1.73. The van der Waals surface area contributed by atoms with Gasteiger partial charge in [0.05, 0.1) is 23.5 Å². The van der Waals surface area contributed by atoms with E-state index in [9.17, 15) is 9.18 Å². The van der Waals surface area contributed by atoms with E-state index >= 15 is 4.39 Å². The van der Waals surface area contributed by atoms with Crippen LogP contribution in [-0.4, -0.2) is 35.0 Å². The number of anilines is 2. The highest BCUT2D eigenvalue weighted by atomic mass is 19.1. The van der Waals surface area contributed by atoms with Crippen LogP contribution in [0.5, 0.6) is 0 Å². The molecule has 1 saturated carbocycles. The number of nitrogens with one attached hydrogen (secondary N) is 2. The molecule has 4 rings (SSSR count). The molecule has 2 aromatic heterocycles. The molecule has 1 fully saturated rings. The molecule has 0 spiro atoms. The molecular weight excluding hydrogens is 367 g/mol. The summed E-state index contributed by atoms with van der Waals surface area (Å²) in [6, 6.07) is 3.91. The summed E-state index contributed by atoms with van der Waals surface area (Å²) < 4.78 is 30.6. The summed E-state index contributed by atoms with van der Waals surface area (Å²) in [4.78, 5) is 17.8. The number of hydroxylamine groups is 1. The number of fused-ring (bicyclic) bond motifs is 1. The number of benzene rings is 1. The molecule has 10 heteroatoms. The maximum absolute atomic E-state index is 15.1. The number of pyridine rings is 1. The van der Waals surface area contributed by atoms with E-state index in [0.29, 0.717) is 18.3 Å². The zero-order chi connectivity index (χ0) is 19.8. The van der Waals surface area contributed by atoms with Gasteiger partial charge in [-0.1, -0.05) is 11.5 Å². The number of aromatic nitrogens is 3. The molecule has 0 atom stereocenters. The van der Waals surface area contributed by atoms with Crippen molar-refractivity contribution in [1.82, 2.24) is 20.1 Å². The molecule has 0 aliphatic heterocycles. The molecule has 142 valence electrons. The Labute approximate surface area is 160 Å². The van der Waals surface area contributed by atoms with Crippen molar-refractivity contribution in [3.05, 3.63) is 47.4 Å². The predicted molar refractivity (Wildman–Crippen MR) is 98.9 cm³/mol. The topological polar surface area (TPSA) is 80.5 Å². The Morgan fingerprint density at radius 3 is 2.86 bits per heavy atom. The van der Waals surface area contributed by atoms with Gasteiger partial charge in [-0.05, 0) is 37.8 Å². The highest BCUT2D eigenvalue weighted by molar-refractivity contribution is 6.32. The van der Waals surface area contributed by atoms with Crippen LogP contribution in [0.15, 0.2) is 24.4 Å². The molecule has 2 heterocycles. The number of carbonyl (C=O) groups is 1. The van der Waals surface area contributed by atoms with Crippen LogP contribution < -0.4 is 16.3 Å². The van der Waals surface area contributed by atoms with Crippen LogP contribution in [0.2, 0.25) is 0 Å². The van der Waals surface area contributed by atoms with Gasteiger partial charge in [-0.3, -0.25) is 14.0 Å². The summed E-state index contributed by atoms with van der Waals surface area (Å²) in [6.07, 6.45) is 3.49. The summed E-state index contributed by atoms with van der Waals surface area (Å²) >= 11 is 0. The first-order chi connectivity index (χ1) is 13.4. The Hall–Kier alpha value is -3.01. The number of hydrogen-bond acceptors (Lipinski definition) is 5. The number of rotatable bonds is 6. The number of halogens is 2. The van der Waals surface area contributed by atoms with Crippen molar-refractivity contribution < 1.29 is 18.4 Å². The third kappa shape index (κ3) is 3.55. The van der Waals surface area contributed by atoms with Gasteiger partial charge in [0, 0.05) is 6.20 Å². The average Bonchev–Trinajstić information content (AvgIpc) is 3.40. The van der Waals surface area contributed by atoms with E-state index in [0.717, 1.165) is 18.9 Å². The van der Waals surface area contributed by atoms with E-state index in [2.05, 4.69) is 21.0 Å². The van der Waals surface area contributed by atoms with Gasteiger partial charge in [0.1, 0.15) is 19.5 Å². The summed E-state index contributed by atoms with van der Waals surface area (Å²) in [5, 5.41) is 10.2. The molecule has 2 N–H and O–H groups in total. The van der Waals surface area contributed by atoms with Crippen molar-refractivity contribution in [2.75, 3.05) is 11.9 Å². The van der Waals surface area contributed by atoms with Crippen LogP contribution in [0.4, 0.5) is 20.2 Å². The van der Waals surface area contributed by atoms with Gasteiger partial charge in [0.2, 0.25) is 0 Å². The van der Waals surface area contributed by atoms with Crippen molar-refractivity contribution in [3.8, 4) is 0 Å². The van der Waals surface area contributed by atoms with Crippen molar-refractivity contribution in [2.45, 2.75) is 19.8 Å². The van der Waals surface area contributed by atoms with Crippen LogP contribution in [0, 0.1) is 24.5 Å². The third-order valence-electron chi connectivity index (χ3n) is 4.49. The molecule has 7 nitrogen and oxygen atoms in total. The minimum atomic E-state index is -0.841. The Bertz CT molecular complexity index is 1070. The predicted octanol–water partition coefficient (Wildman–Crippen LogP) is 1.92.